The molecular weight excluding hydrogens is 699 g/mol. The van der Waals surface area contributed by atoms with Gasteiger partial charge >= 0.3 is 17.9 Å². The number of rotatable bonds is 43. The maximum atomic E-state index is 12.6. The maximum absolute atomic E-state index is 12.6. The van der Waals surface area contributed by atoms with Crippen molar-refractivity contribution >= 4 is 17.9 Å². The number of hydrogen-bond donors (Lipinski definition) is 0. The van der Waals surface area contributed by atoms with E-state index >= 15 is 0 Å². The van der Waals surface area contributed by atoms with Crippen LogP contribution in [0.4, 0.5) is 0 Å². The van der Waals surface area contributed by atoms with Gasteiger partial charge in [0.05, 0.1) is 13.2 Å². The molecule has 0 aliphatic rings. The van der Waals surface area contributed by atoms with Gasteiger partial charge in [0, 0.05) is 19.3 Å². The van der Waals surface area contributed by atoms with Gasteiger partial charge in [0.1, 0.15) is 6.10 Å². The summed E-state index contributed by atoms with van der Waals surface area (Å²) in [6, 6.07) is 0. The van der Waals surface area contributed by atoms with E-state index in [0.717, 1.165) is 116 Å². The van der Waals surface area contributed by atoms with Crippen molar-refractivity contribution in [2.45, 2.75) is 252 Å². The first-order valence-electron chi connectivity index (χ1n) is 24.4. The molecule has 0 aliphatic carbocycles. The Morgan fingerprint density at radius 3 is 1.11 bits per heavy atom. The van der Waals surface area contributed by atoms with Crippen molar-refractivity contribution in [2.24, 2.45) is 11.8 Å². The lowest BCUT2D eigenvalue weighted by molar-refractivity contribution is -0.150. The van der Waals surface area contributed by atoms with Crippen LogP contribution in [-0.2, 0) is 28.6 Å². The maximum Gasteiger partial charge on any atom is 0.306 e. The fourth-order valence-electron chi connectivity index (χ4n) is 7.80. The minimum atomic E-state index is -0.0533. The molecular formula is C49H95NO6. The fourth-order valence-corrected chi connectivity index (χ4v) is 7.80. The Morgan fingerprint density at radius 1 is 0.411 bits per heavy atom. The molecule has 0 bridgehead atoms. The Labute approximate surface area is 348 Å². The predicted octanol–water partition coefficient (Wildman–Crippen LogP) is 14.1. The predicted molar refractivity (Wildman–Crippen MR) is 237 cm³/mol. The molecule has 0 amide bonds. The van der Waals surface area contributed by atoms with E-state index in [2.05, 4.69) is 32.6 Å². The molecule has 7 heteroatoms. The first kappa shape index (κ1) is 54.4. The van der Waals surface area contributed by atoms with Crippen molar-refractivity contribution in [3.63, 3.8) is 0 Å². The fraction of sp³-hybridized carbons (Fsp3) is 0.939. The normalized spacial score (nSPS) is 11.7. The van der Waals surface area contributed by atoms with Crippen molar-refractivity contribution < 1.29 is 28.6 Å². The molecule has 0 fully saturated rings. The summed E-state index contributed by atoms with van der Waals surface area (Å²) < 4.78 is 17.3. The third-order valence-electron chi connectivity index (χ3n) is 11.4. The molecule has 332 valence electrons. The average Bonchev–Trinajstić information content (AvgIpc) is 3.16. The van der Waals surface area contributed by atoms with Crippen molar-refractivity contribution in [3.8, 4) is 0 Å². The van der Waals surface area contributed by atoms with Gasteiger partial charge in [-0.1, -0.05) is 156 Å². The van der Waals surface area contributed by atoms with Crippen molar-refractivity contribution in [1.29, 1.82) is 0 Å². The molecule has 0 atom stereocenters. The summed E-state index contributed by atoms with van der Waals surface area (Å²) in [5, 5.41) is 0. The van der Waals surface area contributed by atoms with Crippen LogP contribution in [0.15, 0.2) is 0 Å². The van der Waals surface area contributed by atoms with Crippen molar-refractivity contribution in [2.75, 3.05) is 33.9 Å². The minimum Gasteiger partial charge on any atom is -0.466 e. The number of carbonyl (C=O) groups is 3. The summed E-state index contributed by atoms with van der Waals surface area (Å²) in [5.41, 5.74) is 0. The molecule has 0 aromatic heterocycles. The molecule has 0 aromatic carbocycles. The van der Waals surface area contributed by atoms with Gasteiger partial charge in [-0.3, -0.25) is 14.4 Å². The topological polar surface area (TPSA) is 82.1 Å². The number of esters is 3. The summed E-state index contributed by atoms with van der Waals surface area (Å²) in [5.74, 6) is 0.913. The highest BCUT2D eigenvalue weighted by Gasteiger charge is 2.17. The Balaban J connectivity index is 4.32. The molecule has 0 spiro atoms. The van der Waals surface area contributed by atoms with E-state index in [-0.39, 0.29) is 24.0 Å². The van der Waals surface area contributed by atoms with Gasteiger partial charge in [0.2, 0.25) is 0 Å². The molecule has 56 heavy (non-hydrogen) atoms. The quantitative estimate of drug-likeness (QED) is 0.0345. The van der Waals surface area contributed by atoms with Crippen molar-refractivity contribution in [3.05, 3.63) is 0 Å². The molecule has 0 aromatic rings. The molecule has 0 heterocycles. The Hall–Kier alpha value is -1.63. The van der Waals surface area contributed by atoms with Gasteiger partial charge < -0.3 is 19.1 Å². The molecule has 7 nitrogen and oxygen atoms in total. The van der Waals surface area contributed by atoms with Crippen molar-refractivity contribution in [1.82, 2.24) is 4.90 Å². The molecule has 0 saturated carbocycles. The van der Waals surface area contributed by atoms with Crippen LogP contribution in [0.5, 0.6) is 0 Å². The zero-order chi connectivity index (χ0) is 41.3. The lowest BCUT2D eigenvalue weighted by atomic mass is 9.92. The molecule has 0 saturated heterocycles. The summed E-state index contributed by atoms with van der Waals surface area (Å²) >= 11 is 0. The lowest BCUT2D eigenvalue weighted by Gasteiger charge is -2.18. The van der Waals surface area contributed by atoms with Crippen LogP contribution < -0.4 is 0 Å². The number of nitrogens with zero attached hydrogens (tertiary/aromatic N) is 1. The number of ether oxygens (including phenoxy) is 3. The van der Waals surface area contributed by atoms with E-state index < -0.39 is 0 Å². The molecule has 0 unspecified atom stereocenters. The summed E-state index contributed by atoms with van der Waals surface area (Å²) in [6.07, 6.45) is 37.0. The van der Waals surface area contributed by atoms with Crippen LogP contribution in [0, 0.1) is 11.8 Å². The second-order valence-electron chi connectivity index (χ2n) is 17.4. The van der Waals surface area contributed by atoms with Gasteiger partial charge in [0.25, 0.3) is 0 Å². The first-order valence-corrected chi connectivity index (χ1v) is 24.4. The summed E-state index contributed by atoms with van der Waals surface area (Å²) in [4.78, 5) is 39.8. The number of hydrogen-bond acceptors (Lipinski definition) is 7. The second-order valence-corrected chi connectivity index (χ2v) is 17.4. The highest BCUT2D eigenvalue weighted by molar-refractivity contribution is 5.70. The Bertz CT molecular complexity index is 803. The molecule has 0 rings (SSSR count). The van der Waals surface area contributed by atoms with E-state index in [0.29, 0.717) is 44.3 Å². The van der Waals surface area contributed by atoms with Crippen LogP contribution >= 0.6 is 0 Å². The number of unbranched alkanes of at least 4 members (excludes halogenated alkanes) is 18. The van der Waals surface area contributed by atoms with Gasteiger partial charge in [-0.25, -0.2) is 0 Å². The third-order valence-corrected chi connectivity index (χ3v) is 11.4. The summed E-state index contributed by atoms with van der Waals surface area (Å²) in [6.45, 7) is 10.9. The second kappa shape index (κ2) is 41.5. The third kappa shape index (κ3) is 37.9. The highest BCUT2D eigenvalue weighted by atomic mass is 16.5. The monoisotopic (exact) mass is 794 g/mol. The van der Waals surface area contributed by atoms with Gasteiger partial charge in [-0.2, -0.15) is 0 Å². The first-order chi connectivity index (χ1) is 27.2. The van der Waals surface area contributed by atoms with Crippen LogP contribution in [0.1, 0.15) is 246 Å². The molecule has 0 radical (unpaired) electrons. The molecule has 0 aliphatic heterocycles. The van der Waals surface area contributed by atoms with Gasteiger partial charge in [-0.15, -0.1) is 0 Å². The average molecular weight is 794 g/mol. The standard InChI is InChI=1S/C49H95NO6/c1-7-11-23-32-44(33-24-12-8-2)42-48(52)54-40-29-21-17-15-19-27-36-46(56-47(51)38-31-39-50(5)6)37-28-20-16-18-22-30-41-55-49(53)43-45(34-25-13-9-3)35-26-14-10-4/h44-46H,7-43H2,1-6H3. The van der Waals surface area contributed by atoms with Gasteiger partial charge in [0.15, 0.2) is 0 Å². The van der Waals surface area contributed by atoms with E-state index in [1.54, 1.807) is 0 Å². The van der Waals surface area contributed by atoms with E-state index in [1.165, 1.54) is 89.9 Å². The SMILES string of the molecule is CCCCCC(CCCCC)CC(=O)OCCCCCCCCC(CCCCCCCCOC(=O)CC(CCCCC)CCCCC)OC(=O)CCCN(C)C. The Morgan fingerprint density at radius 2 is 0.750 bits per heavy atom. The lowest BCUT2D eigenvalue weighted by Crippen LogP contribution is -2.20. The zero-order valence-corrected chi connectivity index (χ0v) is 38.3. The molecule has 0 N–H and O–H groups in total. The van der Waals surface area contributed by atoms with E-state index in [1.807, 2.05) is 14.1 Å². The summed E-state index contributed by atoms with van der Waals surface area (Å²) in [7, 11) is 4.07. The van der Waals surface area contributed by atoms with E-state index in [9.17, 15) is 14.4 Å². The Kier molecular flexibility index (Phi) is 40.3. The van der Waals surface area contributed by atoms with Crippen LogP contribution in [0.3, 0.4) is 0 Å². The van der Waals surface area contributed by atoms with E-state index in [4.69, 9.17) is 14.2 Å². The zero-order valence-electron chi connectivity index (χ0n) is 38.3. The van der Waals surface area contributed by atoms with Gasteiger partial charge in [-0.05, 0) is 103 Å². The van der Waals surface area contributed by atoms with Crippen LogP contribution in [-0.4, -0.2) is 62.8 Å². The van der Waals surface area contributed by atoms with Crippen LogP contribution in [0.2, 0.25) is 0 Å². The largest absolute Gasteiger partial charge is 0.466 e. The minimum absolute atomic E-state index is 0.00216. The number of carbonyl (C=O) groups excluding carboxylic acids is 3. The van der Waals surface area contributed by atoms with Crippen LogP contribution in [0.25, 0.3) is 0 Å². The highest BCUT2D eigenvalue weighted by Crippen LogP contribution is 2.23. The smallest absolute Gasteiger partial charge is 0.306 e.